The van der Waals surface area contributed by atoms with E-state index >= 15 is 0 Å². The molecule has 2 heterocycles. The minimum Gasteiger partial charge on any atom is -0.354 e. The lowest BCUT2D eigenvalue weighted by atomic mass is 10.1. The largest absolute Gasteiger partial charge is 0.416 e. The lowest BCUT2D eigenvalue weighted by Gasteiger charge is -2.35. The third-order valence-corrected chi connectivity index (χ3v) is 4.03. The van der Waals surface area contributed by atoms with Gasteiger partial charge in [-0.3, -0.25) is 4.90 Å². The first-order chi connectivity index (χ1) is 11.0. The number of pyridine rings is 1. The van der Waals surface area contributed by atoms with Crippen molar-refractivity contribution in [3.63, 3.8) is 0 Å². The van der Waals surface area contributed by atoms with Crippen molar-refractivity contribution in [1.29, 1.82) is 0 Å². The second-order valence-corrected chi connectivity index (χ2v) is 5.65. The Balaban J connectivity index is 1.55. The summed E-state index contributed by atoms with van der Waals surface area (Å²) in [5, 5.41) is 0. The van der Waals surface area contributed by atoms with Crippen LogP contribution in [-0.4, -0.2) is 36.1 Å². The van der Waals surface area contributed by atoms with Gasteiger partial charge in [-0.1, -0.05) is 18.2 Å². The molecule has 1 fully saturated rings. The van der Waals surface area contributed by atoms with Crippen molar-refractivity contribution in [2.24, 2.45) is 0 Å². The molecule has 3 rings (SSSR count). The molecule has 0 atom stereocenters. The van der Waals surface area contributed by atoms with Crippen LogP contribution in [-0.2, 0) is 12.7 Å². The predicted molar refractivity (Wildman–Crippen MR) is 83.2 cm³/mol. The van der Waals surface area contributed by atoms with Crippen molar-refractivity contribution in [3.8, 4) is 0 Å². The van der Waals surface area contributed by atoms with E-state index in [0.717, 1.165) is 49.7 Å². The number of alkyl halides is 3. The van der Waals surface area contributed by atoms with Crippen molar-refractivity contribution in [3.05, 3.63) is 59.8 Å². The van der Waals surface area contributed by atoms with Gasteiger partial charge in [-0.2, -0.15) is 13.2 Å². The van der Waals surface area contributed by atoms with E-state index in [1.54, 1.807) is 18.3 Å². The Kier molecular flexibility index (Phi) is 4.52. The SMILES string of the molecule is FC(F)(F)c1ccc(CN2CCN(c3ccccn3)CC2)cc1. The maximum Gasteiger partial charge on any atom is 0.416 e. The summed E-state index contributed by atoms with van der Waals surface area (Å²) in [6, 6.07) is 11.3. The second-order valence-electron chi connectivity index (χ2n) is 5.65. The summed E-state index contributed by atoms with van der Waals surface area (Å²) in [5.41, 5.74) is 0.311. The molecule has 0 N–H and O–H groups in total. The monoisotopic (exact) mass is 321 g/mol. The number of hydrogen-bond acceptors (Lipinski definition) is 3. The van der Waals surface area contributed by atoms with E-state index < -0.39 is 11.7 Å². The lowest BCUT2D eigenvalue weighted by molar-refractivity contribution is -0.137. The number of aromatic nitrogens is 1. The quantitative estimate of drug-likeness (QED) is 0.863. The van der Waals surface area contributed by atoms with E-state index in [0.29, 0.717) is 6.54 Å². The van der Waals surface area contributed by atoms with E-state index in [-0.39, 0.29) is 0 Å². The van der Waals surface area contributed by atoms with E-state index in [2.05, 4.69) is 14.8 Å². The summed E-state index contributed by atoms with van der Waals surface area (Å²) in [5.74, 6) is 0.974. The topological polar surface area (TPSA) is 19.4 Å². The van der Waals surface area contributed by atoms with Crippen LogP contribution in [0.25, 0.3) is 0 Å². The Hall–Kier alpha value is -2.08. The van der Waals surface area contributed by atoms with Crippen LogP contribution in [0, 0.1) is 0 Å². The fraction of sp³-hybridized carbons (Fsp3) is 0.353. The summed E-state index contributed by atoms with van der Waals surface area (Å²) in [7, 11) is 0. The third kappa shape index (κ3) is 4.01. The third-order valence-electron chi connectivity index (χ3n) is 4.03. The molecule has 0 bridgehead atoms. The van der Waals surface area contributed by atoms with Gasteiger partial charge in [0.2, 0.25) is 0 Å². The highest BCUT2D eigenvalue weighted by atomic mass is 19.4. The van der Waals surface area contributed by atoms with Gasteiger partial charge in [-0.05, 0) is 29.8 Å². The van der Waals surface area contributed by atoms with Gasteiger partial charge < -0.3 is 4.90 Å². The number of halogens is 3. The van der Waals surface area contributed by atoms with Crippen molar-refractivity contribution < 1.29 is 13.2 Å². The van der Waals surface area contributed by atoms with Crippen LogP contribution in [0.15, 0.2) is 48.7 Å². The molecule has 6 heteroatoms. The normalized spacial score (nSPS) is 16.6. The van der Waals surface area contributed by atoms with Gasteiger partial charge in [0.25, 0.3) is 0 Å². The first-order valence-electron chi connectivity index (χ1n) is 7.57. The van der Waals surface area contributed by atoms with Crippen LogP contribution in [0.5, 0.6) is 0 Å². The molecule has 0 spiro atoms. The summed E-state index contributed by atoms with van der Waals surface area (Å²) in [6.07, 6.45) is -2.49. The van der Waals surface area contributed by atoms with E-state index in [1.165, 1.54) is 0 Å². The van der Waals surface area contributed by atoms with Gasteiger partial charge in [-0.15, -0.1) is 0 Å². The Bertz CT molecular complexity index is 618. The van der Waals surface area contributed by atoms with Crippen molar-refractivity contribution in [1.82, 2.24) is 9.88 Å². The molecule has 1 aromatic heterocycles. The van der Waals surface area contributed by atoms with Gasteiger partial charge >= 0.3 is 6.18 Å². The molecule has 0 amide bonds. The number of anilines is 1. The average Bonchev–Trinajstić information content (AvgIpc) is 2.56. The number of benzene rings is 1. The summed E-state index contributed by atoms with van der Waals surface area (Å²) in [4.78, 5) is 8.82. The van der Waals surface area contributed by atoms with Crippen LogP contribution in [0.1, 0.15) is 11.1 Å². The van der Waals surface area contributed by atoms with Gasteiger partial charge in [0.1, 0.15) is 5.82 Å². The zero-order chi connectivity index (χ0) is 16.3. The summed E-state index contributed by atoms with van der Waals surface area (Å²) >= 11 is 0. The molecule has 3 nitrogen and oxygen atoms in total. The second kappa shape index (κ2) is 6.58. The lowest BCUT2D eigenvalue weighted by Crippen LogP contribution is -2.46. The predicted octanol–water partition coefficient (Wildman–Crippen LogP) is 3.42. The highest BCUT2D eigenvalue weighted by molar-refractivity contribution is 5.38. The van der Waals surface area contributed by atoms with Crippen molar-refractivity contribution in [2.45, 2.75) is 12.7 Å². The summed E-state index contributed by atoms with van der Waals surface area (Å²) in [6.45, 7) is 4.17. The number of piperazine rings is 1. The standard InChI is InChI=1S/C17H18F3N3/c18-17(19,20)15-6-4-14(5-7-15)13-22-9-11-23(12-10-22)16-3-1-2-8-21-16/h1-8H,9-13H2. The molecule has 122 valence electrons. The molecular weight excluding hydrogens is 303 g/mol. The molecule has 23 heavy (non-hydrogen) atoms. The zero-order valence-corrected chi connectivity index (χ0v) is 12.6. The van der Waals surface area contributed by atoms with Gasteiger partial charge in [-0.25, -0.2) is 4.98 Å². The molecular formula is C17H18F3N3. The number of nitrogens with zero attached hydrogens (tertiary/aromatic N) is 3. The molecule has 2 aromatic rings. The highest BCUT2D eigenvalue weighted by Crippen LogP contribution is 2.29. The van der Waals surface area contributed by atoms with Gasteiger partial charge in [0, 0.05) is 38.9 Å². The zero-order valence-electron chi connectivity index (χ0n) is 12.6. The van der Waals surface area contributed by atoms with E-state index in [9.17, 15) is 13.2 Å². The summed E-state index contributed by atoms with van der Waals surface area (Å²) < 4.78 is 37.7. The fourth-order valence-corrected chi connectivity index (χ4v) is 2.73. The van der Waals surface area contributed by atoms with E-state index in [1.807, 2.05) is 18.2 Å². The van der Waals surface area contributed by atoms with Crippen LogP contribution in [0.3, 0.4) is 0 Å². The van der Waals surface area contributed by atoms with Crippen LogP contribution < -0.4 is 4.90 Å². The van der Waals surface area contributed by atoms with Crippen molar-refractivity contribution in [2.75, 3.05) is 31.1 Å². The minimum absolute atomic E-state index is 0.596. The number of rotatable bonds is 3. The molecule has 0 aliphatic carbocycles. The van der Waals surface area contributed by atoms with Gasteiger partial charge in [0.15, 0.2) is 0 Å². The molecule has 1 aromatic carbocycles. The Morgan fingerprint density at radius 3 is 2.17 bits per heavy atom. The average molecular weight is 321 g/mol. The molecule has 0 radical (unpaired) electrons. The van der Waals surface area contributed by atoms with Crippen molar-refractivity contribution >= 4 is 5.82 Å². The molecule has 1 aliphatic heterocycles. The Morgan fingerprint density at radius 1 is 0.913 bits per heavy atom. The fourth-order valence-electron chi connectivity index (χ4n) is 2.73. The molecule has 1 aliphatic rings. The van der Waals surface area contributed by atoms with Crippen LogP contribution in [0.2, 0.25) is 0 Å². The first kappa shape index (κ1) is 15.8. The molecule has 0 saturated carbocycles. The maximum absolute atomic E-state index is 12.6. The number of hydrogen-bond donors (Lipinski definition) is 0. The van der Waals surface area contributed by atoms with Crippen LogP contribution >= 0.6 is 0 Å². The smallest absolute Gasteiger partial charge is 0.354 e. The minimum atomic E-state index is -4.27. The Labute approximate surface area is 133 Å². The maximum atomic E-state index is 12.6. The first-order valence-corrected chi connectivity index (χ1v) is 7.57. The van der Waals surface area contributed by atoms with Gasteiger partial charge in [0.05, 0.1) is 5.56 Å². The highest BCUT2D eigenvalue weighted by Gasteiger charge is 2.30. The van der Waals surface area contributed by atoms with Crippen LogP contribution in [0.4, 0.5) is 19.0 Å². The Morgan fingerprint density at radius 2 is 1.61 bits per heavy atom. The molecule has 0 unspecified atom stereocenters. The molecule has 1 saturated heterocycles. The van der Waals surface area contributed by atoms with E-state index in [4.69, 9.17) is 0 Å².